The number of carbonyl (C=O) groups is 3. The van der Waals surface area contributed by atoms with Crippen molar-refractivity contribution in [1.29, 1.82) is 0 Å². The zero-order valence-electron chi connectivity index (χ0n) is 24.4. The number of aliphatic carboxylic acids is 1. The number of ether oxygens (including phenoxy) is 1. The molecule has 212 valence electrons. The lowest BCUT2D eigenvalue weighted by Crippen LogP contribution is -2.60. The van der Waals surface area contributed by atoms with Gasteiger partial charge in [0.15, 0.2) is 5.78 Å². The number of ketones is 1. The van der Waals surface area contributed by atoms with Crippen LogP contribution in [0.3, 0.4) is 0 Å². The van der Waals surface area contributed by atoms with E-state index in [9.17, 15) is 24.6 Å². The molecule has 38 heavy (non-hydrogen) atoms. The van der Waals surface area contributed by atoms with Crippen LogP contribution in [0.4, 0.5) is 0 Å². The Morgan fingerprint density at radius 3 is 2.34 bits per heavy atom. The molecule has 2 N–H and O–H groups in total. The predicted octanol–water partition coefficient (Wildman–Crippen LogP) is 6.12. The standard InChI is InChI=1S/C32H48O6/c1-17(2)18(3)9-10-19(4)21-11-12-22-28-23(15-27(31(21,22)7)38-20(5)33)30(6)14-13-26(35)32(8,29(36)37)25(30)16-24(28)34/h17,19,21-22,25-27,35H,3,9-16H2,1-2,4-8H3,(H,36,37)/t19-,21-,22-,25-,26+,27-,30-,31-,32+/m1/s1. The van der Waals surface area contributed by atoms with Gasteiger partial charge in [-0.2, -0.15) is 0 Å². The molecular weight excluding hydrogens is 480 g/mol. The Morgan fingerprint density at radius 2 is 1.76 bits per heavy atom. The van der Waals surface area contributed by atoms with Gasteiger partial charge in [0.2, 0.25) is 0 Å². The third-order valence-corrected chi connectivity index (χ3v) is 11.8. The van der Waals surface area contributed by atoms with E-state index < -0.39 is 28.8 Å². The fourth-order valence-corrected chi connectivity index (χ4v) is 9.13. The fourth-order valence-electron chi connectivity index (χ4n) is 9.13. The molecule has 6 heteroatoms. The van der Waals surface area contributed by atoms with E-state index in [2.05, 4.69) is 41.2 Å². The van der Waals surface area contributed by atoms with E-state index in [1.54, 1.807) is 6.92 Å². The molecule has 4 rings (SSSR count). The summed E-state index contributed by atoms with van der Waals surface area (Å²) in [6, 6.07) is 0. The van der Waals surface area contributed by atoms with Gasteiger partial charge in [0.1, 0.15) is 6.10 Å². The lowest BCUT2D eigenvalue weighted by molar-refractivity contribution is -0.177. The minimum absolute atomic E-state index is 0.00967. The largest absolute Gasteiger partial charge is 0.481 e. The van der Waals surface area contributed by atoms with Gasteiger partial charge in [0.25, 0.3) is 0 Å². The molecule has 4 aliphatic rings. The summed E-state index contributed by atoms with van der Waals surface area (Å²) in [4.78, 5) is 38.9. The van der Waals surface area contributed by atoms with Crippen molar-refractivity contribution in [2.75, 3.05) is 0 Å². The summed E-state index contributed by atoms with van der Waals surface area (Å²) in [5.41, 5.74) is 0.850. The van der Waals surface area contributed by atoms with Crippen LogP contribution in [0.25, 0.3) is 0 Å². The van der Waals surface area contributed by atoms with Crippen molar-refractivity contribution in [3.05, 3.63) is 23.3 Å². The number of aliphatic hydroxyl groups is 1. The minimum Gasteiger partial charge on any atom is -0.481 e. The molecule has 0 aromatic carbocycles. The molecular formula is C32H48O6. The lowest BCUT2D eigenvalue weighted by atomic mass is 9.44. The van der Waals surface area contributed by atoms with Gasteiger partial charge in [-0.1, -0.05) is 52.3 Å². The van der Waals surface area contributed by atoms with Crippen molar-refractivity contribution in [1.82, 2.24) is 0 Å². The van der Waals surface area contributed by atoms with E-state index in [0.717, 1.165) is 36.8 Å². The van der Waals surface area contributed by atoms with Crippen molar-refractivity contribution in [3.8, 4) is 0 Å². The highest BCUT2D eigenvalue weighted by atomic mass is 16.5. The van der Waals surface area contributed by atoms with Gasteiger partial charge in [-0.05, 0) is 86.0 Å². The number of hydrogen-bond acceptors (Lipinski definition) is 5. The van der Waals surface area contributed by atoms with E-state index >= 15 is 0 Å². The summed E-state index contributed by atoms with van der Waals surface area (Å²) in [6.07, 6.45) is 4.09. The SMILES string of the molecule is C=C(CC[C@@H](C)[C@H]1CC[C@@H]2C3=C(C[C@@H](OC(C)=O)[C@@]21C)[C@@]1(C)CC[C@H](O)[C@@](C)(C(=O)O)[C@@H]1CC3=O)C(C)C. The van der Waals surface area contributed by atoms with Crippen LogP contribution in [0.15, 0.2) is 23.3 Å². The zero-order chi connectivity index (χ0) is 28.4. The van der Waals surface area contributed by atoms with Crippen LogP contribution < -0.4 is 0 Å². The average Bonchev–Trinajstić information content (AvgIpc) is 3.19. The van der Waals surface area contributed by atoms with E-state index in [1.165, 1.54) is 12.5 Å². The smallest absolute Gasteiger partial charge is 0.312 e. The number of carboxylic acid groups (broad SMARTS) is 1. The number of hydrogen-bond donors (Lipinski definition) is 2. The number of Topliss-reactive ketones (excluding diaryl/α,β-unsaturated/α-hetero) is 1. The summed E-state index contributed by atoms with van der Waals surface area (Å²) in [6.45, 7) is 18.3. The average molecular weight is 529 g/mol. The summed E-state index contributed by atoms with van der Waals surface area (Å²) in [7, 11) is 0. The van der Waals surface area contributed by atoms with E-state index in [4.69, 9.17) is 4.74 Å². The maximum Gasteiger partial charge on any atom is 0.312 e. The molecule has 6 nitrogen and oxygen atoms in total. The Labute approximate surface area is 228 Å². The van der Waals surface area contributed by atoms with Gasteiger partial charge >= 0.3 is 11.9 Å². The normalized spacial score (nSPS) is 41.3. The van der Waals surface area contributed by atoms with Gasteiger partial charge in [-0.3, -0.25) is 14.4 Å². The lowest BCUT2D eigenvalue weighted by Gasteiger charge is -2.59. The molecule has 0 bridgehead atoms. The van der Waals surface area contributed by atoms with Crippen molar-refractivity contribution in [2.24, 2.45) is 45.8 Å². The highest BCUT2D eigenvalue weighted by Crippen LogP contribution is 2.68. The molecule has 0 unspecified atom stereocenters. The third kappa shape index (κ3) is 4.20. The second kappa shape index (κ2) is 9.91. The maximum atomic E-state index is 14.0. The van der Waals surface area contributed by atoms with Crippen LogP contribution in [0, 0.1) is 45.8 Å². The number of rotatable bonds is 7. The second-order valence-electron chi connectivity index (χ2n) is 13.9. The number of aliphatic hydroxyl groups excluding tert-OH is 1. The number of carbonyl (C=O) groups excluding carboxylic acids is 2. The first-order chi connectivity index (χ1) is 17.6. The van der Waals surface area contributed by atoms with Gasteiger partial charge in [-0.25, -0.2) is 0 Å². The van der Waals surface area contributed by atoms with Crippen LogP contribution in [0.1, 0.15) is 99.8 Å². The van der Waals surface area contributed by atoms with Crippen molar-refractivity contribution in [3.63, 3.8) is 0 Å². The Kier molecular flexibility index (Phi) is 7.57. The summed E-state index contributed by atoms with van der Waals surface area (Å²) < 4.78 is 6.11. The molecule has 4 aliphatic carbocycles. The van der Waals surface area contributed by atoms with E-state index in [-0.39, 0.29) is 35.6 Å². The molecule has 0 heterocycles. The molecule has 0 spiro atoms. The van der Waals surface area contributed by atoms with E-state index in [0.29, 0.717) is 37.0 Å². The molecule has 2 fully saturated rings. The topological polar surface area (TPSA) is 101 Å². The Hall–Kier alpha value is -1.95. The van der Waals surface area contributed by atoms with Crippen LogP contribution >= 0.6 is 0 Å². The predicted molar refractivity (Wildman–Crippen MR) is 146 cm³/mol. The first-order valence-electron chi connectivity index (χ1n) is 14.6. The van der Waals surface area contributed by atoms with Gasteiger partial charge < -0.3 is 14.9 Å². The fraction of sp³-hybridized carbons (Fsp3) is 0.781. The molecule has 0 radical (unpaired) electrons. The number of allylic oxidation sites excluding steroid dienone is 2. The second-order valence-corrected chi connectivity index (χ2v) is 13.9. The van der Waals surface area contributed by atoms with Gasteiger partial charge in [0, 0.05) is 25.2 Å². The highest BCUT2D eigenvalue weighted by molar-refractivity contribution is 5.99. The molecule has 0 aromatic rings. The molecule has 9 atom stereocenters. The molecule has 0 aromatic heterocycles. The van der Waals surface area contributed by atoms with Crippen LogP contribution in [-0.4, -0.2) is 40.1 Å². The number of carboxylic acids is 1. The zero-order valence-corrected chi connectivity index (χ0v) is 24.4. The van der Waals surface area contributed by atoms with Crippen LogP contribution in [0.2, 0.25) is 0 Å². The Morgan fingerprint density at radius 1 is 1.11 bits per heavy atom. The molecule has 0 aliphatic heterocycles. The third-order valence-electron chi connectivity index (χ3n) is 11.8. The Bertz CT molecular complexity index is 1060. The van der Waals surface area contributed by atoms with Gasteiger partial charge in [0.05, 0.1) is 11.5 Å². The van der Waals surface area contributed by atoms with E-state index in [1.807, 2.05) is 0 Å². The quantitative estimate of drug-likeness (QED) is 0.305. The minimum atomic E-state index is -1.40. The molecule has 0 amide bonds. The van der Waals surface area contributed by atoms with Crippen molar-refractivity contribution in [2.45, 2.75) is 112 Å². The first-order valence-corrected chi connectivity index (χ1v) is 14.6. The summed E-state index contributed by atoms with van der Waals surface area (Å²) in [5, 5.41) is 21.1. The molecule has 0 saturated heterocycles. The van der Waals surface area contributed by atoms with Crippen molar-refractivity contribution >= 4 is 17.7 Å². The first kappa shape index (κ1) is 29.0. The maximum absolute atomic E-state index is 14.0. The van der Waals surface area contributed by atoms with Crippen molar-refractivity contribution < 1.29 is 29.3 Å². The van der Waals surface area contributed by atoms with Crippen LogP contribution in [0.5, 0.6) is 0 Å². The Balaban J connectivity index is 1.77. The summed E-state index contributed by atoms with van der Waals surface area (Å²) >= 11 is 0. The number of esters is 1. The van der Waals surface area contributed by atoms with Gasteiger partial charge in [-0.15, -0.1) is 0 Å². The summed E-state index contributed by atoms with van der Waals surface area (Å²) in [5.74, 6) is -0.694. The molecule has 2 saturated carbocycles. The highest BCUT2D eigenvalue weighted by Gasteiger charge is 2.66. The number of fused-ring (bicyclic) bond motifs is 4. The monoisotopic (exact) mass is 528 g/mol. The van der Waals surface area contributed by atoms with Crippen LogP contribution in [-0.2, 0) is 19.1 Å².